The van der Waals surface area contributed by atoms with Crippen molar-refractivity contribution in [3.8, 4) is 11.6 Å². The molecule has 104 valence electrons. The molecule has 2 rings (SSSR count). The van der Waals surface area contributed by atoms with Crippen molar-refractivity contribution in [1.29, 1.82) is 0 Å². The summed E-state index contributed by atoms with van der Waals surface area (Å²) in [4.78, 5) is 14.1. The number of benzene rings is 1. The van der Waals surface area contributed by atoms with Crippen LogP contribution in [0.2, 0.25) is 15.2 Å². The Labute approximate surface area is 136 Å². The fourth-order valence-corrected chi connectivity index (χ4v) is 2.14. The first-order valence-corrected chi connectivity index (χ1v) is 6.94. The predicted octanol–water partition coefficient (Wildman–Crippen LogP) is 5.50. The minimum Gasteiger partial charge on any atom is -0.436 e. The molecule has 0 radical (unpaired) electrons. The van der Waals surface area contributed by atoms with Gasteiger partial charge in [0.05, 0.1) is 20.5 Å². The lowest BCUT2D eigenvalue weighted by Gasteiger charge is -2.09. The number of aromatic nitrogens is 1. The number of hydrogen-bond donors (Lipinski definition) is 0. The fourth-order valence-electron chi connectivity index (χ4n) is 1.29. The topological polar surface area (TPSA) is 65.3 Å². The Balaban J connectivity index is 2.42. The molecule has 0 aliphatic carbocycles. The van der Waals surface area contributed by atoms with E-state index < -0.39 is 4.92 Å². The van der Waals surface area contributed by atoms with Crippen LogP contribution in [-0.2, 0) is 0 Å². The quantitative estimate of drug-likeness (QED) is 0.389. The van der Waals surface area contributed by atoms with Gasteiger partial charge in [-0.1, -0.05) is 34.8 Å². The number of nitro benzene ring substituents is 1. The van der Waals surface area contributed by atoms with Gasteiger partial charge in [-0.2, -0.15) is 4.98 Å². The zero-order chi connectivity index (χ0) is 14.9. The van der Waals surface area contributed by atoms with Gasteiger partial charge < -0.3 is 4.74 Å². The molecule has 0 saturated carbocycles. The van der Waals surface area contributed by atoms with Gasteiger partial charge in [0.25, 0.3) is 5.69 Å². The van der Waals surface area contributed by atoms with Crippen molar-refractivity contribution in [2.45, 2.75) is 0 Å². The summed E-state index contributed by atoms with van der Waals surface area (Å²) in [5.41, 5.74) is -0.126. The summed E-state index contributed by atoms with van der Waals surface area (Å²) in [6, 6.07) is 5.43. The Morgan fingerprint density at radius 1 is 1.20 bits per heavy atom. The van der Waals surface area contributed by atoms with Crippen LogP contribution >= 0.6 is 50.7 Å². The minimum absolute atomic E-state index is 0.00210. The summed E-state index contributed by atoms with van der Waals surface area (Å²) in [6.07, 6.45) is 0. The second-order valence-corrected chi connectivity index (χ2v) is 5.55. The molecule has 20 heavy (non-hydrogen) atoms. The highest BCUT2D eigenvalue weighted by Crippen LogP contribution is 2.37. The largest absolute Gasteiger partial charge is 0.436 e. The molecule has 1 aromatic carbocycles. The van der Waals surface area contributed by atoms with Gasteiger partial charge in [0.1, 0.15) is 5.02 Å². The molecular weight excluding hydrogens is 394 g/mol. The van der Waals surface area contributed by atoms with E-state index in [1.54, 1.807) is 0 Å². The van der Waals surface area contributed by atoms with Gasteiger partial charge in [-0.25, -0.2) is 0 Å². The lowest BCUT2D eigenvalue weighted by atomic mass is 10.3. The molecule has 0 saturated heterocycles. The van der Waals surface area contributed by atoms with Crippen LogP contribution in [0, 0.1) is 10.1 Å². The molecule has 0 N–H and O–H groups in total. The van der Waals surface area contributed by atoms with Crippen molar-refractivity contribution in [2.75, 3.05) is 0 Å². The third-order valence-electron chi connectivity index (χ3n) is 2.19. The van der Waals surface area contributed by atoms with E-state index in [-0.39, 0.29) is 32.5 Å². The first-order chi connectivity index (χ1) is 9.38. The van der Waals surface area contributed by atoms with Crippen molar-refractivity contribution in [1.82, 2.24) is 4.98 Å². The molecule has 1 heterocycles. The van der Waals surface area contributed by atoms with Crippen molar-refractivity contribution in [3.05, 3.63) is 54.1 Å². The van der Waals surface area contributed by atoms with Crippen molar-refractivity contribution < 1.29 is 9.66 Å². The summed E-state index contributed by atoms with van der Waals surface area (Å²) < 4.78 is 5.94. The molecule has 0 atom stereocenters. The lowest BCUT2D eigenvalue weighted by molar-refractivity contribution is -0.384. The molecule has 9 heteroatoms. The number of nitro groups is 1. The monoisotopic (exact) mass is 396 g/mol. The molecule has 0 aliphatic rings. The van der Waals surface area contributed by atoms with Crippen molar-refractivity contribution >= 4 is 56.4 Å². The van der Waals surface area contributed by atoms with Gasteiger partial charge in [-0.05, 0) is 28.1 Å². The van der Waals surface area contributed by atoms with E-state index in [0.29, 0.717) is 4.47 Å². The Bertz CT molecular complexity index is 697. The highest BCUT2D eigenvalue weighted by Gasteiger charge is 2.15. The zero-order valence-corrected chi connectivity index (χ0v) is 13.3. The molecule has 0 aliphatic heterocycles. The molecule has 5 nitrogen and oxygen atoms in total. The van der Waals surface area contributed by atoms with E-state index >= 15 is 0 Å². The summed E-state index contributed by atoms with van der Waals surface area (Å²) in [6.45, 7) is 0. The van der Waals surface area contributed by atoms with Gasteiger partial charge in [0, 0.05) is 6.07 Å². The van der Waals surface area contributed by atoms with Crippen molar-refractivity contribution in [3.63, 3.8) is 0 Å². The van der Waals surface area contributed by atoms with Gasteiger partial charge >= 0.3 is 0 Å². The third kappa shape index (κ3) is 3.32. The molecule has 2 aromatic rings. The van der Waals surface area contributed by atoms with Crippen molar-refractivity contribution in [2.24, 2.45) is 0 Å². The maximum atomic E-state index is 10.7. The highest BCUT2D eigenvalue weighted by molar-refractivity contribution is 9.10. The Morgan fingerprint density at radius 3 is 2.55 bits per heavy atom. The Kier molecular flexibility index (Phi) is 4.70. The highest BCUT2D eigenvalue weighted by atomic mass is 79.9. The number of hydrogen-bond acceptors (Lipinski definition) is 4. The van der Waals surface area contributed by atoms with Crippen LogP contribution in [-0.4, -0.2) is 9.91 Å². The normalized spacial score (nSPS) is 10.4. The molecule has 0 fully saturated rings. The van der Waals surface area contributed by atoms with Gasteiger partial charge in [0.2, 0.25) is 5.88 Å². The van der Waals surface area contributed by atoms with Crippen LogP contribution in [0.4, 0.5) is 5.69 Å². The number of non-ortho nitro benzene ring substituents is 1. The number of pyridine rings is 1. The van der Waals surface area contributed by atoms with Crippen LogP contribution in [0.3, 0.4) is 0 Å². The Hall–Kier alpha value is -1.08. The van der Waals surface area contributed by atoms with Crippen LogP contribution in [0.25, 0.3) is 0 Å². The van der Waals surface area contributed by atoms with E-state index in [4.69, 9.17) is 39.5 Å². The number of halogens is 4. The number of ether oxygens (including phenoxy) is 1. The Morgan fingerprint density at radius 2 is 1.90 bits per heavy atom. The summed E-state index contributed by atoms with van der Waals surface area (Å²) in [5, 5.41) is 11.1. The molecule has 0 amide bonds. The van der Waals surface area contributed by atoms with E-state index in [1.165, 1.54) is 24.3 Å². The van der Waals surface area contributed by atoms with Gasteiger partial charge in [-0.15, -0.1) is 0 Å². The van der Waals surface area contributed by atoms with Crippen LogP contribution in [0.15, 0.2) is 28.7 Å². The SMILES string of the molecule is O=[N+]([O-])c1ccc(Br)c(Oc2nc(Cl)c(Cl)cc2Cl)c1. The van der Waals surface area contributed by atoms with Crippen LogP contribution < -0.4 is 4.74 Å². The molecule has 0 bridgehead atoms. The molecular formula is C11H4BrCl3N2O3. The maximum absolute atomic E-state index is 10.7. The van der Waals surface area contributed by atoms with Crippen LogP contribution in [0.5, 0.6) is 11.6 Å². The average Bonchev–Trinajstić information content (AvgIpc) is 2.38. The third-order valence-corrected chi connectivity index (χ3v) is 3.79. The standard InChI is InChI=1S/C11H4BrCl3N2O3/c12-6-2-1-5(17(18)19)3-9(6)20-11-8(14)4-7(13)10(15)16-11/h1-4H. The summed E-state index contributed by atoms with van der Waals surface area (Å²) in [5.74, 6) is 0.189. The van der Waals surface area contributed by atoms with Gasteiger partial charge in [0.15, 0.2) is 10.9 Å². The first kappa shape index (κ1) is 15.3. The summed E-state index contributed by atoms with van der Waals surface area (Å²) in [7, 11) is 0. The van der Waals surface area contributed by atoms with Gasteiger partial charge in [-0.3, -0.25) is 10.1 Å². The zero-order valence-electron chi connectivity index (χ0n) is 9.44. The van der Waals surface area contributed by atoms with E-state index in [9.17, 15) is 10.1 Å². The maximum Gasteiger partial charge on any atom is 0.273 e. The molecule has 1 aromatic heterocycles. The fraction of sp³-hybridized carbons (Fsp3) is 0. The van der Waals surface area contributed by atoms with E-state index in [1.807, 2.05) is 0 Å². The lowest BCUT2D eigenvalue weighted by Crippen LogP contribution is -1.93. The predicted molar refractivity (Wildman–Crippen MR) is 80.1 cm³/mol. The molecule has 0 spiro atoms. The second-order valence-electron chi connectivity index (χ2n) is 3.52. The molecule has 0 unspecified atom stereocenters. The minimum atomic E-state index is -0.539. The average molecular weight is 398 g/mol. The second kappa shape index (κ2) is 6.13. The summed E-state index contributed by atoms with van der Waals surface area (Å²) >= 11 is 20.7. The number of nitrogens with zero attached hydrogens (tertiary/aromatic N) is 2. The smallest absolute Gasteiger partial charge is 0.273 e. The first-order valence-electron chi connectivity index (χ1n) is 5.02. The van der Waals surface area contributed by atoms with Crippen LogP contribution in [0.1, 0.15) is 0 Å². The van der Waals surface area contributed by atoms with E-state index in [2.05, 4.69) is 20.9 Å². The van der Waals surface area contributed by atoms with E-state index in [0.717, 1.165) is 0 Å². The number of rotatable bonds is 3.